The van der Waals surface area contributed by atoms with E-state index in [1.54, 1.807) is 13.8 Å². The smallest absolute Gasteiger partial charge is 0.221 e. The summed E-state index contributed by atoms with van der Waals surface area (Å²) >= 11 is 2.85. The number of nitrogens with one attached hydrogen (secondary N) is 1. The Kier molecular flexibility index (Phi) is 5.31. The third-order valence-corrected chi connectivity index (χ3v) is 4.08. The minimum atomic E-state index is -3.21. The lowest BCUT2D eigenvalue weighted by Crippen LogP contribution is -2.35. The number of hydrogen-bond acceptors (Lipinski definition) is 3. The number of aliphatic hydroxyl groups excluding tert-OH is 1. The summed E-state index contributed by atoms with van der Waals surface area (Å²) in [5, 5.41) is 8.95. The van der Waals surface area contributed by atoms with Crippen molar-refractivity contribution in [2.75, 3.05) is 4.66 Å². The zero-order valence-electron chi connectivity index (χ0n) is 7.12. The average molecular weight is 260 g/mol. The number of halogens is 1. The molecule has 0 aromatic rings. The summed E-state index contributed by atoms with van der Waals surface area (Å²) in [5.74, 6) is 0. The van der Waals surface area contributed by atoms with Crippen molar-refractivity contribution in [3.8, 4) is 0 Å². The molecule has 0 aromatic carbocycles. The molecule has 0 aliphatic carbocycles. The minimum absolute atomic E-state index is 0.107. The van der Waals surface area contributed by atoms with Gasteiger partial charge in [-0.25, -0.2) is 13.1 Å². The Bertz CT molecular complexity index is 215. The SMILES string of the molecule is CC(O)CC(C)NS(=O)(=O)CBr. The van der Waals surface area contributed by atoms with E-state index in [9.17, 15) is 8.42 Å². The molecule has 0 bridgehead atoms. The molecule has 0 rings (SSSR count). The highest BCUT2D eigenvalue weighted by Gasteiger charge is 2.13. The van der Waals surface area contributed by atoms with Gasteiger partial charge < -0.3 is 5.11 Å². The van der Waals surface area contributed by atoms with Crippen LogP contribution >= 0.6 is 15.9 Å². The zero-order chi connectivity index (χ0) is 9.78. The highest BCUT2D eigenvalue weighted by atomic mass is 79.9. The van der Waals surface area contributed by atoms with E-state index >= 15 is 0 Å². The van der Waals surface area contributed by atoms with Gasteiger partial charge in [0.25, 0.3) is 0 Å². The van der Waals surface area contributed by atoms with E-state index in [1.165, 1.54) is 0 Å². The summed E-state index contributed by atoms with van der Waals surface area (Å²) in [7, 11) is -3.21. The number of sulfonamides is 1. The van der Waals surface area contributed by atoms with Crippen molar-refractivity contribution < 1.29 is 13.5 Å². The molecule has 6 heteroatoms. The second-order valence-electron chi connectivity index (χ2n) is 2.83. The lowest BCUT2D eigenvalue weighted by atomic mass is 10.2. The van der Waals surface area contributed by atoms with Crippen LogP contribution in [0.4, 0.5) is 0 Å². The summed E-state index contributed by atoms with van der Waals surface area (Å²) in [6, 6.07) is -0.229. The van der Waals surface area contributed by atoms with Crippen molar-refractivity contribution in [2.24, 2.45) is 0 Å². The molecule has 0 aliphatic rings. The van der Waals surface area contributed by atoms with Crippen molar-refractivity contribution in [1.82, 2.24) is 4.72 Å². The molecule has 0 aliphatic heterocycles. The lowest BCUT2D eigenvalue weighted by molar-refractivity contribution is 0.175. The van der Waals surface area contributed by atoms with Crippen LogP contribution in [0.3, 0.4) is 0 Å². The van der Waals surface area contributed by atoms with E-state index in [0.29, 0.717) is 6.42 Å². The molecule has 2 atom stereocenters. The first kappa shape index (κ1) is 12.3. The Morgan fingerprint density at radius 2 is 2.00 bits per heavy atom. The summed E-state index contributed by atoms with van der Waals surface area (Å²) in [6.07, 6.45) is -0.0651. The second kappa shape index (κ2) is 5.16. The molecule has 0 radical (unpaired) electrons. The van der Waals surface area contributed by atoms with Crippen LogP contribution in [0.15, 0.2) is 0 Å². The van der Waals surface area contributed by atoms with Gasteiger partial charge in [-0.05, 0) is 20.3 Å². The van der Waals surface area contributed by atoms with Gasteiger partial charge in [-0.3, -0.25) is 0 Å². The summed E-state index contributed by atoms with van der Waals surface area (Å²) in [4.78, 5) is 0. The van der Waals surface area contributed by atoms with Crippen LogP contribution in [0.25, 0.3) is 0 Å². The third kappa shape index (κ3) is 5.93. The highest BCUT2D eigenvalue weighted by molar-refractivity contribution is 9.10. The van der Waals surface area contributed by atoms with Crippen molar-refractivity contribution in [1.29, 1.82) is 0 Å². The van der Waals surface area contributed by atoms with E-state index in [2.05, 4.69) is 20.7 Å². The number of hydrogen-bond donors (Lipinski definition) is 2. The molecule has 74 valence electrons. The first-order valence-electron chi connectivity index (χ1n) is 3.61. The maximum Gasteiger partial charge on any atom is 0.221 e. The van der Waals surface area contributed by atoms with Gasteiger partial charge in [0, 0.05) is 6.04 Å². The molecule has 4 nitrogen and oxygen atoms in total. The Labute approximate surface area is 81.5 Å². The molecule has 0 amide bonds. The molecule has 2 N–H and O–H groups in total. The van der Waals surface area contributed by atoms with E-state index in [1.807, 2.05) is 0 Å². The zero-order valence-corrected chi connectivity index (χ0v) is 9.52. The standard InChI is InChI=1S/C6H14BrNO3S/c1-5(3-6(2)9)8-12(10,11)4-7/h5-6,8-9H,3-4H2,1-2H3. The number of rotatable bonds is 5. The largest absolute Gasteiger partial charge is 0.393 e. The van der Waals surface area contributed by atoms with Gasteiger partial charge in [0.1, 0.15) is 4.66 Å². The maximum atomic E-state index is 11.0. The van der Waals surface area contributed by atoms with E-state index < -0.39 is 16.1 Å². The first-order valence-corrected chi connectivity index (χ1v) is 6.39. The number of aliphatic hydroxyl groups is 1. The van der Waals surface area contributed by atoms with Crippen molar-refractivity contribution in [3.05, 3.63) is 0 Å². The van der Waals surface area contributed by atoms with Crippen molar-refractivity contribution in [2.45, 2.75) is 32.4 Å². The minimum Gasteiger partial charge on any atom is -0.393 e. The van der Waals surface area contributed by atoms with Crippen LogP contribution < -0.4 is 4.72 Å². The van der Waals surface area contributed by atoms with Crippen LogP contribution in [-0.2, 0) is 10.0 Å². The topological polar surface area (TPSA) is 66.4 Å². The molecule has 0 aromatic heterocycles. The third-order valence-electron chi connectivity index (χ3n) is 1.22. The molecule has 0 fully saturated rings. The van der Waals surface area contributed by atoms with Gasteiger partial charge >= 0.3 is 0 Å². The van der Waals surface area contributed by atoms with E-state index in [-0.39, 0.29) is 10.7 Å². The monoisotopic (exact) mass is 259 g/mol. The second-order valence-corrected chi connectivity index (χ2v) is 5.88. The highest BCUT2D eigenvalue weighted by Crippen LogP contribution is 2.00. The fourth-order valence-electron chi connectivity index (χ4n) is 0.898. The molecule has 0 heterocycles. The molecule has 0 saturated heterocycles. The average Bonchev–Trinajstić information content (AvgIpc) is 1.84. The molecular formula is C6H14BrNO3S. The van der Waals surface area contributed by atoms with Gasteiger partial charge in [-0.2, -0.15) is 0 Å². The van der Waals surface area contributed by atoms with E-state index in [0.717, 1.165) is 0 Å². The van der Waals surface area contributed by atoms with Crippen LogP contribution in [-0.4, -0.2) is 30.3 Å². The van der Waals surface area contributed by atoms with Crippen LogP contribution in [0.2, 0.25) is 0 Å². The summed E-state index contributed by atoms with van der Waals surface area (Å²) in [5.41, 5.74) is 0. The fraction of sp³-hybridized carbons (Fsp3) is 1.00. The predicted molar refractivity (Wildman–Crippen MR) is 51.6 cm³/mol. The molecule has 0 spiro atoms. The van der Waals surface area contributed by atoms with Gasteiger partial charge in [-0.15, -0.1) is 0 Å². The van der Waals surface area contributed by atoms with Gasteiger partial charge in [0.15, 0.2) is 0 Å². The van der Waals surface area contributed by atoms with Gasteiger partial charge in [0.05, 0.1) is 6.10 Å². The molecule has 12 heavy (non-hydrogen) atoms. The Morgan fingerprint density at radius 1 is 1.50 bits per heavy atom. The summed E-state index contributed by atoms with van der Waals surface area (Å²) in [6.45, 7) is 3.34. The number of alkyl halides is 1. The fourth-order valence-corrected chi connectivity index (χ4v) is 2.07. The van der Waals surface area contributed by atoms with Gasteiger partial charge in [-0.1, -0.05) is 15.9 Å². The molecular weight excluding hydrogens is 246 g/mol. The molecule has 0 saturated carbocycles. The van der Waals surface area contributed by atoms with E-state index in [4.69, 9.17) is 5.11 Å². The maximum absolute atomic E-state index is 11.0. The van der Waals surface area contributed by atoms with Crippen molar-refractivity contribution in [3.63, 3.8) is 0 Å². The molecule has 2 unspecified atom stereocenters. The van der Waals surface area contributed by atoms with Crippen molar-refractivity contribution >= 4 is 26.0 Å². The van der Waals surface area contributed by atoms with Crippen LogP contribution in [0.5, 0.6) is 0 Å². The normalized spacial score (nSPS) is 17.3. The Balaban J connectivity index is 3.93. The quantitative estimate of drug-likeness (QED) is 0.704. The van der Waals surface area contributed by atoms with Gasteiger partial charge in [0.2, 0.25) is 10.0 Å². The predicted octanol–water partition coefficient (Wildman–Crippen LogP) is 0.418. The lowest BCUT2D eigenvalue weighted by Gasteiger charge is -2.14. The van der Waals surface area contributed by atoms with Crippen LogP contribution in [0, 0.1) is 0 Å². The Morgan fingerprint density at radius 3 is 2.33 bits per heavy atom. The first-order chi connectivity index (χ1) is 5.37. The Hall–Kier alpha value is 0.350. The summed E-state index contributed by atoms with van der Waals surface area (Å²) < 4.78 is 24.2. The van der Waals surface area contributed by atoms with Crippen LogP contribution in [0.1, 0.15) is 20.3 Å².